The Bertz CT molecular complexity index is 933. The zero-order valence-corrected chi connectivity index (χ0v) is 19.3. The normalized spacial score (nSPS) is 24.8. The molecule has 2 heterocycles. The fraction of sp³-hybridized carbons (Fsp3) is 0.542. The molecule has 1 aliphatic carbocycles. The highest BCUT2D eigenvalue weighted by molar-refractivity contribution is 8.00. The van der Waals surface area contributed by atoms with E-state index >= 15 is 0 Å². The summed E-state index contributed by atoms with van der Waals surface area (Å²) in [7, 11) is 0. The number of terminal acetylenes is 1. The number of hydrogen-bond acceptors (Lipinski definition) is 6. The largest absolute Gasteiger partial charge is 0.428 e. The zero-order chi connectivity index (χ0) is 23.2. The molecule has 1 aromatic rings. The monoisotopic (exact) mass is 471 g/mol. The Morgan fingerprint density at radius 3 is 2.91 bits per heavy atom. The summed E-state index contributed by atoms with van der Waals surface area (Å²) in [5.41, 5.74) is 2.29. The summed E-state index contributed by atoms with van der Waals surface area (Å²) in [5.74, 6) is 3.04. The van der Waals surface area contributed by atoms with Crippen LogP contribution < -0.4 is 10.6 Å². The molecule has 2 fully saturated rings. The number of ether oxygens (including phenoxy) is 2. The molecular weight excluding hydrogens is 442 g/mol. The van der Waals surface area contributed by atoms with Crippen molar-refractivity contribution in [2.45, 2.75) is 61.9 Å². The van der Waals surface area contributed by atoms with E-state index in [1.54, 1.807) is 0 Å². The summed E-state index contributed by atoms with van der Waals surface area (Å²) >= 11 is 1.86. The molecule has 0 unspecified atom stereocenters. The summed E-state index contributed by atoms with van der Waals surface area (Å²) in [5, 5.41) is 6.26. The molecule has 3 amide bonds. The maximum Gasteiger partial charge on any atom is 0.413 e. The van der Waals surface area contributed by atoms with Crippen molar-refractivity contribution in [1.82, 2.24) is 15.5 Å². The quantitative estimate of drug-likeness (QED) is 0.189. The molecule has 0 spiro atoms. The summed E-state index contributed by atoms with van der Waals surface area (Å²) in [6.45, 7) is -0.296. The standard InChI is InChI=1S/C24H29N3O5S/c1-2-13-27(19-12-11-16-7-3-4-8-17(16)19)24(30)32-15-31-21(28)10-6-5-9-20-22-18(14-33-20)25-23(29)26-22/h1,3-4,7-8,18-20,22H,5-6,9-15H2,(H2,25,26,29)/t18-,19+,20-,22-/m0/s1. The van der Waals surface area contributed by atoms with Gasteiger partial charge in [0.1, 0.15) is 0 Å². The van der Waals surface area contributed by atoms with Crippen LogP contribution in [0.15, 0.2) is 24.3 Å². The number of nitrogens with zero attached hydrogens (tertiary/aromatic N) is 1. The smallest absolute Gasteiger partial charge is 0.413 e. The lowest BCUT2D eigenvalue weighted by atomic mass is 10.0. The van der Waals surface area contributed by atoms with Gasteiger partial charge in [0, 0.05) is 17.4 Å². The summed E-state index contributed by atoms with van der Waals surface area (Å²) in [4.78, 5) is 37.6. The topological polar surface area (TPSA) is 97.0 Å². The Balaban J connectivity index is 1.14. The molecule has 4 atom stereocenters. The number of hydrogen-bond donors (Lipinski definition) is 2. The SMILES string of the molecule is C#CCN(C(=O)OCOC(=O)CCCC[C@@H]1SC[C@@H]2NC(=O)N[C@@H]21)[C@@H]1CCc2ccccc21. The van der Waals surface area contributed by atoms with Crippen molar-refractivity contribution < 1.29 is 23.9 Å². The number of rotatable bonds is 9. The molecule has 0 aromatic heterocycles. The fourth-order valence-corrected chi connectivity index (χ4v) is 6.36. The number of unbranched alkanes of at least 4 members (excludes halogenated alkanes) is 1. The third-order valence-corrected chi connectivity index (χ3v) is 7.94. The van der Waals surface area contributed by atoms with E-state index in [9.17, 15) is 14.4 Å². The van der Waals surface area contributed by atoms with E-state index in [0.29, 0.717) is 11.7 Å². The van der Waals surface area contributed by atoms with Crippen LogP contribution in [0.3, 0.4) is 0 Å². The molecular formula is C24H29N3O5S. The number of carbonyl (C=O) groups is 3. The summed E-state index contributed by atoms with van der Waals surface area (Å²) in [6, 6.07) is 8.15. The predicted molar refractivity (Wildman–Crippen MR) is 124 cm³/mol. The molecule has 2 saturated heterocycles. The summed E-state index contributed by atoms with van der Waals surface area (Å²) in [6.07, 6.45) is 9.30. The van der Waals surface area contributed by atoms with Gasteiger partial charge in [-0.05, 0) is 36.8 Å². The van der Waals surface area contributed by atoms with Crippen LogP contribution in [-0.2, 0) is 20.7 Å². The van der Waals surface area contributed by atoms with Gasteiger partial charge in [0.05, 0.1) is 24.7 Å². The Morgan fingerprint density at radius 1 is 1.21 bits per heavy atom. The minimum atomic E-state index is -0.581. The van der Waals surface area contributed by atoms with Crippen LogP contribution in [0.2, 0.25) is 0 Å². The third kappa shape index (κ3) is 5.56. The van der Waals surface area contributed by atoms with E-state index in [4.69, 9.17) is 15.9 Å². The highest BCUT2D eigenvalue weighted by atomic mass is 32.2. The molecule has 176 valence electrons. The number of nitrogens with one attached hydrogen (secondary N) is 2. The van der Waals surface area contributed by atoms with Crippen LogP contribution in [0.1, 0.15) is 49.3 Å². The van der Waals surface area contributed by atoms with Gasteiger partial charge in [-0.3, -0.25) is 9.69 Å². The molecule has 1 aromatic carbocycles. The van der Waals surface area contributed by atoms with Gasteiger partial charge in [0.15, 0.2) is 0 Å². The lowest BCUT2D eigenvalue weighted by molar-refractivity contribution is -0.152. The minimum absolute atomic E-state index is 0.0913. The van der Waals surface area contributed by atoms with E-state index in [2.05, 4.69) is 22.6 Å². The second kappa shape index (κ2) is 10.8. The first-order valence-corrected chi connectivity index (χ1v) is 12.4. The first kappa shape index (κ1) is 23.3. The van der Waals surface area contributed by atoms with Crippen molar-refractivity contribution in [3.63, 3.8) is 0 Å². The Hall–Kier alpha value is -2.86. The molecule has 9 heteroatoms. The van der Waals surface area contributed by atoms with Gasteiger partial charge in [-0.25, -0.2) is 9.59 Å². The molecule has 2 N–H and O–H groups in total. The predicted octanol–water partition coefficient (Wildman–Crippen LogP) is 2.97. The molecule has 33 heavy (non-hydrogen) atoms. The average Bonchev–Trinajstić information content (AvgIpc) is 3.49. The van der Waals surface area contributed by atoms with Crippen LogP contribution in [0.5, 0.6) is 0 Å². The molecule has 2 aliphatic heterocycles. The van der Waals surface area contributed by atoms with Crippen LogP contribution in [-0.4, -0.2) is 59.4 Å². The first-order chi connectivity index (χ1) is 16.1. The van der Waals surface area contributed by atoms with Gasteiger partial charge in [0.25, 0.3) is 0 Å². The fourth-order valence-electron chi connectivity index (χ4n) is 4.82. The van der Waals surface area contributed by atoms with Gasteiger partial charge in [0.2, 0.25) is 6.79 Å². The molecule has 0 saturated carbocycles. The lowest BCUT2D eigenvalue weighted by Gasteiger charge is -2.27. The van der Waals surface area contributed by atoms with Gasteiger partial charge >= 0.3 is 18.1 Å². The number of aryl methyl sites for hydroxylation is 1. The van der Waals surface area contributed by atoms with Crippen LogP contribution in [0.25, 0.3) is 0 Å². The zero-order valence-electron chi connectivity index (χ0n) is 18.5. The highest BCUT2D eigenvalue weighted by Crippen LogP contribution is 2.36. The van der Waals surface area contributed by atoms with Gasteiger partial charge in [-0.1, -0.05) is 36.6 Å². The van der Waals surface area contributed by atoms with E-state index in [1.807, 2.05) is 30.0 Å². The lowest BCUT2D eigenvalue weighted by Crippen LogP contribution is -2.36. The number of esters is 1. The molecule has 3 aliphatic rings. The second-order valence-electron chi connectivity index (χ2n) is 8.50. The molecule has 4 rings (SSSR count). The van der Waals surface area contributed by atoms with Gasteiger partial charge in [-0.2, -0.15) is 11.8 Å². The number of thioether (sulfide) groups is 1. The number of carbonyl (C=O) groups excluding carboxylic acids is 3. The van der Waals surface area contributed by atoms with Crippen LogP contribution in [0, 0.1) is 12.3 Å². The van der Waals surface area contributed by atoms with Crippen molar-refractivity contribution in [2.24, 2.45) is 0 Å². The Kier molecular flexibility index (Phi) is 7.65. The summed E-state index contributed by atoms with van der Waals surface area (Å²) < 4.78 is 10.3. The number of fused-ring (bicyclic) bond motifs is 2. The van der Waals surface area contributed by atoms with Crippen molar-refractivity contribution in [3.05, 3.63) is 35.4 Å². The van der Waals surface area contributed by atoms with Crippen LogP contribution >= 0.6 is 11.8 Å². The van der Waals surface area contributed by atoms with Crippen LogP contribution in [0.4, 0.5) is 9.59 Å². The Morgan fingerprint density at radius 2 is 2.06 bits per heavy atom. The maximum absolute atomic E-state index is 12.6. The number of urea groups is 1. The second-order valence-corrected chi connectivity index (χ2v) is 9.77. The van der Waals surface area contributed by atoms with Gasteiger partial charge in [-0.15, -0.1) is 6.42 Å². The Labute approximate surface area is 198 Å². The van der Waals surface area contributed by atoms with Crippen molar-refractivity contribution >= 4 is 29.9 Å². The van der Waals surface area contributed by atoms with E-state index < -0.39 is 18.9 Å². The first-order valence-electron chi connectivity index (χ1n) is 11.4. The maximum atomic E-state index is 12.6. The average molecular weight is 472 g/mol. The highest BCUT2D eigenvalue weighted by Gasteiger charge is 2.42. The number of amides is 3. The van der Waals surface area contributed by atoms with E-state index in [-0.39, 0.29) is 37.1 Å². The molecule has 0 radical (unpaired) electrons. The molecule has 8 nitrogen and oxygen atoms in total. The van der Waals surface area contributed by atoms with Gasteiger partial charge < -0.3 is 20.1 Å². The van der Waals surface area contributed by atoms with E-state index in [0.717, 1.165) is 37.0 Å². The van der Waals surface area contributed by atoms with E-state index in [1.165, 1.54) is 10.5 Å². The molecule has 0 bridgehead atoms. The van der Waals surface area contributed by atoms with Crippen molar-refractivity contribution in [3.8, 4) is 12.3 Å². The minimum Gasteiger partial charge on any atom is -0.428 e. The van der Waals surface area contributed by atoms with Crippen molar-refractivity contribution in [2.75, 3.05) is 19.1 Å². The van der Waals surface area contributed by atoms with Crippen molar-refractivity contribution in [1.29, 1.82) is 0 Å². The third-order valence-electron chi connectivity index (χ3n) is 6.43. The number of benzene rings is 1.